The molecule has 1 amide bonds. The lowest BCUT2D eigenvalue weighted by atomic mass is 10.4. The molecule has 1 aliphatic heterocycles. The Morgan fingerprint density at radius 3 is 2.88 bits per heavy atom. The van der Waals surface area contributed by atoms with E-state index in [0.717, 1.165) is 13.1 Å². The summed E-state index contributed by atoms with van der Waals surface area (Å²) in [7, 11) is 0. The number of rotatable bonds is 2. The summed E-state index contributed by atoms with van der Waals surface area (Å²) in [5, 5.41) is 6.75. The Balaban J connectivity index is 1.78. The summed E-state index contributed by atoms with van der Waals surface area (Å²) in [6, 6.07) is 3.59. The van der Waals surface area contributed by atoms with Crippen molar-refractivity contribution in [1.82, 2.24) is 15.8 Å². The standard InChI is InChI=1S/C10H13N3O2S2/c14-9(8-2-1-7-17-8)11-10(16)12-13-3-5-15-6-4-13/h1-2,7H,3-6H2,(H2,11,12,14,16). The van der Waals surface area contributed by atoms with E-state index in [1.165, 1.54) is 11.3 Å². The molecule has 2 N–H and O–H groups in total. The molecule has 92 valence electrons. The Kier molecular flexibility index (Phi) is 4.43. The molecule has 1 fully saturated rings. The van der Waals surface area contributed by atoms with Gasteiger partial charge in [-0.2, -0.15) is 0 Å². The van der Waals surface area contributed by atoms with E-state index in [-0.39, 0.29) is 5.91 Å². The zero-order valence-electron chi connectivity index (χ0n) is 9.14. The number of thiophene rings is 1. The third kappa shape index (κ3) is 3.74. The normalized spacial score (nSPS) is 16.5. The van der Waals surface area contributed by atoms with Crippen LogP contribution in [-0.4, -0.2) is 42.3 Å². The summed E-state index contributed by atoms with van der Waals surface area (Å²) < 4.78 is 5.21. The van der Waals surface area contributed by atoms with Crippen LogP contribution >= 0.6 is 23.6 Å². The van der Waals surface area contributed by atoms with Crippen LogP contribution in [0.1, 0.15) is 9.67 Å². The minimum absolute atomic E-state index is 0.175. The van der Waals surface area contributed by atoms with Gasteiger partial charge in [-0.1, -0.05) is 6.07 Å². The van der Waals surface area contributed by atoms with Gasteiger partial charge in [-0.05, 0) is 23.7 Å². The molecule has 0 bridgehead atoms. The van der Waals surface area contributed by atoms with Gasteiger partial charge in [0.05, 0.1) is 18.1 Å². The van der Waals surface area contributed by atoms with Gasteiger partial charge in [-0.3, -0.25) is 15.5 Å². The van der Waals surface area contributed by atoms with Crippen LogP contribution in [0, 0.1) is 0 Å². The number of morpholine rings is 1. The second-order valence-electron chi connectivity index (χ2n) is 3.47. The molecule has 1 saturated heterocycles. The minimum Gasteiger partial charge on any atom is -0.379 e. The maximum absolute atomic E-state index is 11.7. The van der Waals surface area contributed by atoms with Crippen molar-refractivity contribution in [3.05, 3.63) is 22.4 Å². The van der Waals surface area contributed by atoms with Crippen molar-refractivity contribution in [2.45, 2.75) is 0 Å². The molecule has 0 aliphatic carbocycles. The first kappa shape index (κ1) is 12.4. The number of thiocarbonyl (C=S) groups is 1. The fourth-order valence-corrected chi connectivity index (χ4v) is 2.26. The number of hydrogen-bond acceptors (Lipinski definition) is 5. The highest BCUT2D eigenvalue weighted by Crippen LogP contribution is 2.07. The highest BCUT2D eigenvalue weighted by molar-refractivity contribution is 7.80. The Bertz CT molecular complexity index is 388. The van der Waals surface area contributed by atoms with Crippen LogP contribution in [0.5, 0.6) is 0 Å². The van der Waals surface area contributed by atoms with E-state index in [1.807, 2.05) is 16.5 Å². The van der Waals surface area contributed by atoms with E-state index in [1.54, 1.807) is 6.07 Å². The maximum atomic E-state index is 11.7. The van der Waals surface area contributed by atoms with Crippen molar-refractivity contribution in [3.8, 4) is 0 Å². The van der Waals surface area contributed by atoms with E-state index in [0.29, 0.717) is 23.2 Å². The predicted molar refractivity (Wildman–Crippen MR) is 69.9 cm³/mol. The molecule has 2 rings (SSSR count). The van der Waals surface area contributed by atoms with Gasteiger partial charge in [0.2, 0.25) is 0 Å². The van der Waals surface area contributed by atoms with Crippen molar-refractivity contribution in [2.24, 2.45) is 0 Å². The van der Waals surface area contributed by atoms with Crippen LogP contribution in [0.25, 0.3) is 0 Å². The van der Waals surface area contributed by atoms with Crippen molar-refractivity contribution in [1.29, 1.82) is 0 Å². The number of nitrogens with one attached hydrogen (secondary N) is 2. The van der Waals surface area contributed by atoms with Gasteiger partial charge in [0, 0.05) is 13.1 Å². The van der Waals surface area contributed by atoms with Crippen LogP contribution in [-0.2, 0) is 4.74 Å². The molecule has 0 atom stereocenters. The van der Waals surface area contributed by atoms with Gasteiger partial charge in [0.1, 0.15) is 0 Å². The molecule has 0 saturated carbocycles. The smallest absolute Gasteiger partial charge is 0.267 e. The summed E-state index contributed by atoms with van der Waals surface area (Å²) in [5.41, 5.74) is 2.97. The number of nitrogens with zero attached hydrogens (tertiary/aromatic N) is 1. The molecule has 1 aromatic heterocycles. The summed E-state index contributed by atoms with van der Waals surface area (Å²) in [6.45, 7) is 2.87. The fraction of sp³-hybridized carbons (Fsp3) is 0.400. The molecule has 1 aliphatic rings. The fourth-order valence-electron chi connectivity index (χ4n) is 1.42. The molecule has 2 heterocycles. The quantitative estimate of drug-likeness (QED) is 0.772. The largest absolute Gasteiger partial charge is 0.379 e. The maximum Gasteiger partial charge on any atom is 0.267 e. The first-order valence-electron chi connectivity index (χ1n) is 5.24. The number of ether oxygens (including phenoxy) is 1. The van der Waals surface area contributed by atoms with Crippen molar-refractivity contribution >= 4 is 34.6 Å². The molecule has 17 heavy (non-hydrogen) atoms. The molecular formula is C10H13N3O2S2. The zero-order chi connectivity index (χ0) is 12.1. The van der Waals surface area contributed by atoms with E-state index >= 15 is 0 Å². The minimum atomic E-state index is -0.175. The van der Waals surface area contributed by atoms with Crippen LogP contribution in [0.2, 0.25) is 0 Å². The van der Waals surface area contributed by atoms with Crippen molar-refractivity contribution < 1.29 is 9.53 Å². The lowest BCUT2D eigenvalue weighted by Gasteiger charge is -2.27. The third-order valence-electron chi connectivity index (χ3n) is 2.24. The molecule has 5 nitrogen and oxygen atoms in total. The number of amides is 1. The van der Waals surface area contributed by atoms with Gasteiger partial charge >= 0.3 is 0 Å². The summed E-state index contributed by atoms with van der Waals surface area (Å²) >= 11 is 6.45. The zero-order valence-corrected chi connectivity index (χ0v) is 10.8. The van der Waals surface area contributed by atoms with Crippen LogP contribution in [0.15, 0.2) is 17.5 Å². The van der Waals surface area contributed by atoms with E-state index in [4.69, 9.17) is 17.0 Å². The second kappa shape index (κ2) is 6.06. The van der Waals surface area contributed by atoms with E-state index < -0.39 is 0 Å². The summed E-state index contributed by atoms with van der Waals surface area (Å²) in [5.74, 6) is -0.175. The highest BCUT2D eigenvalue weighted by Gasteiger charge is 2.13. The van der Waals surface area contributed by atoms with Gasteiger partial charge in [0.25, 0.3) is 5.91 Å². The highest BCUT2D eigenvalue weighted by atomic mass is 32.1. The van der Waals surface area contributed by atoms with E-state index in [2.05, 4.69) is 10.7 Å². The molecule has 0 unspecified atom stereocenters. The summed E-state index contributed by atoms with van der Waals surface area (Å²) in [6.07, 6.45) is 0. The number of carbonyl (C=O) groups excluding carboxylic acids is 1. The van der Waals surface area contributed by atoms with Gasteiger partial charge in [0.15, 0.2) is 5.11 Å². The predicted octanol–water partition coefficient (Wildman–Crippen LogP) is 0.600. The molecule has 0 spiro atoms. The average Bonchev–Trinajstić information content (AvgIpc) is 2.83. The molecule has 7 heteroatoms. The lowest BCUT2D eigenvalue weighted by Crippen LogP contribution is -2.52. The third-order valence-corrected chi connectivity index (χ3v) is 3.30. The Hall–Kier alpha value is -1.02. The number of carbonyl (C=O) groups is 1. The topological polar surface area (TPSA) is 53.6 Å². The van der Waals surface area contributed by atoms with Gasteiger partial charge in [-0.15, -0.1) is 11.3 Å². The van der Waals surface area contributed by atoms with Crippen LogP contribution in [0.3, 0.4) is 0 Å². The average molecular weight is 271 g/mol. The first-order valence-corrected chi connectivity index (χ1v) is 6.52. The Labute approximate surface area is 109 Å². The Morgan fingerprint density at radius 1 is 1.47 bits per heavy atom. The van der Waals surface area contributed by atoms with E-state index in [9.17, 15) is 4.79 Å². The molecule has 0 aromatic carbocycles. The second-order valence-corrected chi connectivity index (χ2v) is 4.83. The van der Waals surface area contributed by atoms with Crippen LogP contribution < -0.4 is 10.7 Å². The molecule has 0 radical (unpaired) electrons. The first-order chi connectivity index (χ1) is 8.25. The van der Waals surface area contributed by atoms with Crippen LogP contribution in [0.4, 0.5) is 0 Å². The molecule has 1 aromatic rings. The monoisotopic (exact) mass is 271 g/mol. The van der Waals surface area contributed by atoms with Crippen molar-refractivity contribution in [2.75, 3.05) is 26.3 Å². The van der Waals surface area contributed by atoms with Gasteiger partial charge in [-0.25, -0.2) is 5.01 Å². The lowest BCUT2D eigenvalue weighted by molar-refractivity contribution is 0.0247. The summed E-state index contributed by atoms with van der Waals surface area (Å²) in [4.78, 5) is 12.3. The molecular weight excluding hydrogens is 258 g/mol. The van der Waals surface area contributed by atoms with Crippen molar-refractivity contribution in [3.63, 3.8) is 0 Å². The van der Waals surface area contributed by atoms with Gasteiger partial charge < -0.3 is 4.74 Å². The SMILES string of the molecule is O=C(NC(=S)NN1CCOCC1)c1cccs1. The Morgan fingerprint density at radius 2 is 2.24 bits per heavy atom. The number of hydrazine groups is 1. The number of hydrogen-bond donors (Lipinski definition) is 2.